The first-order valence-electron chi connectivity index (χ1n) is 8.49. The molecule has 1 heterocycles. The Bertz CT molecular complexity index is 1220. The predicted octanol–water partition coefficient (Wildman–Crippen LogP) is 2.94. The van der Waals surface area contributed by atoms with Gasteiger partial charge < -0.3 is 10.1 Å². The maximum atomic E-state index is 12.7. The molecular formula is C19H17ClN4O5S. The predicted molar refractivity (Wildman–Crippen MR) is 113 cm³/mol. The highest BCUT2D eigenvalue weighted by atomic mass is 35.5. The zero-order valence-corrected chi connectivity index (χ0v) is 17.5. The normalized spacial score (nSPS) is 11.0. The first-order valence-corrected chi connectivity index (χ1v) is 10.8. The average Bonchev–Trinajstić information content (AvgIpc) is 3.16. The molecule has 0 spiro atoms. The molecule has 3 aromatic rings. The summed E-state index contributed by atoms with van der Waals surface area (Å²) in [6, 6.07) is 12.4. The van der Waals surface area contributed by atoms with Crippen LogP contribution in [0.2, 0.25) is 5.02 Å². The number of nitrogens with zero attached hydrogens (tertiary/aromatic N) is 2. The van der Waals surface area contributed by atoms with Gasteiger partial charge in [-0.05, 0) is 42.5 Å². The topological polar surface area (TPSA) is 119 Å². The first kappa shape index (κ1) is 21.3. The second-order valence-corrected chi connectivity index (χ2v) is 8.43. The number of anilines is 2. The Morgan fingerprint density at radius 3 is 2.53 bits per heavy atom. The number of hydrogen-bond donors (Lipinski definition) is 2. The van der Waals surface area contributed by atoms with Gasteiger partial charge in [0.2, 0.25) is 10.0 Å². The van der Waals surface area contributed by atoms with Crippen molar-refractivity contribution >= 4 is 44.9 Å². The van der Waals surface area contributed by atoms with Crippen LogP contribution in [0.15, 0.2) is 54.7 Å². The summed E-state index contributed by atoms with van der Waals surface area (Å²) < 4.78 is 31.2. The highest BCUT2D eigenvalue weighted by Gasteiger charge is 2.13. The SMILES string of the molecule is COC(=O)c1ccn(-c2cccc(C(=O)Nc3cc(Cl)cc(NS(C)(=O)=O)c3)c2)n1. The number of aromatic nitrogens is 2. The van der Waals surface area contributed by atoms with Gasteiger partial charge in [0, 0.05) is 22.5 Å². The summed E-state index contributed by atoms with van der Waals surface area (Å²) in [5.41, 5.74) is 1.55. The molecular weight excluding hydrogens is 432 g/mol. The Balaban J connectivity index is 1.82. The Kier molecular flexibility index (Phi) is 6.09. The van der Waals surface area contributed by atoms with Crippen LogP contribution in [-0.2, 0) is 14.8 Å². The minimum absolute atomic E-state index is 0.136. The van der Waals surface area contributed by atoms with Gasteiger partial charge in [-0.2, -0.15) is 5.10 Å². The zero-order valence-electron chi connectivity index (χ0n) is 15.9. The molecule has 0 aliphatic heterocycles. The number of hydrogen-bond acceptors (Lipinski definition) is 6. The van der Waals surface area contributed by atoms with Gasteiger partial charge in [0.25, 0.3) is 5.91 Å². The number of halogens is 1. The van der Waals surface area contributed by atoms with Gasteiger partial charge in [0.05, 0.1) is 24.7 Å². The number of amides is 1. The Hall–Kier alpha value is -3.37. The summed E-state index contributed by atoms with van der Waals surface area (Å²) >= 11 is 6.02. The molecule has 0 aliphatic rings. The Morgan fingerprint density at radius 2 is 1.83 bits per heavy atom. The quantitative estimate of drug-likeness (QED) is 0.559. The van der Waals surface area contributed by atoms with E-state index in [1.54, 1.807) is 30.5 Å². The van der Waals surface area contributed by atoms with Crippen molar-refractivity contribution in [3.05, 3.63) is 71.0 Å². The maximum absolute atomic E-state index is 12.7. The Labute approximate surface area is 177 Å². The fraction of sp³-hybridized carbons (Fsp3) is 0.105. The molecule has 2 N–H and O–H groups in total. The lowest BCUT2D eigenvalue weighted by Crippen LogP contribution is -2.14. The van der Waals surface area contributed by atoms with E-state index in [1.165, 1.54) is 36.1 Å². The molecule has 0 saturated carbocycles. The summed E-state index contributed by atoms with van der Waals surface area (Å²) in [5.74, 6) is -1.01. The zero-order chi connectivity index (χ0) is 21.9. The minimum atomic E-state index is -3.50. The minimum Gasteiger partial charge on any atom is -0.464 e. The van der Waals surface area contributed by atoms with Gasteiger partial charge in [-0.1, -0.05) is 17.7 Å². The van der Waals surface area contributed by atoms with Crippen LogP contribution in [0.1, 0.15) is 20.8 Å². The van der Waals surface area contributed by atoms with Crippen LogP contribution in [0, 0.1) is 0 Å². The molecule has 1 amide bonds. The van der Waals surface area contributed by atoms with E-state index in [0.717, 1.165) is 6.26 Å². The summed E-state index contributed by atoms with van der Waals surface area (Å²) in [5, 5.41) is 7.04. The lowest BCUT2D eigenvalue weighted by Gasteiger charge is -2.10. The molecule has 30 heavy (non-hydrogen) atoms. The van der Waals surface area contributed by atoms with Crippen LogP contribution in [0.25, 0.3) is 5.69 Å². The van der Waals surface area contributed by atoms with Crippen molar-refractivity contribution < 1.29 is 22.7 Å². The van der Waals surface area contributed by atoms with E-state index in [-0.39, 0.29) is 16.4 Å². The standard InChI is InChI=1S/C19H17ClN4O5S/c1-29-19(26)17-6-7-24(22-17)16-5-3-4-12(8-16)18(25)21-14-9-13(20)10-15(11-14)23-30(2,27)28/h3-11,23H,1-2H3,(H,21,25). The van der Waals surface area contributed by atoms with Crippen molar-refractivity contribution in [1.29, 1.82) is 0 Å². The van der Waals surface area contributed by atoms with Crippen LogP contribution >= 0.6 is 11.6 Å². The Morgan fingerprint density at radius 1 is 1.10 bits per heavy atom. The van der Waals surface area contributed by atoms with Gasteiger partial charge in [-0.15, -0.1) is 0 Å². The number of carbonyl (C=O) groups is 2. The van der Waals surface area contributed by atoms with Crippen molar-refractivity contribution in [2.24, 2.45) is 0 Å². The summed E-state index contributed by atoms with van der Waals surface area (Å²) in [7, 11) is -2.23. The molecule has 9 nitrogen and oxygen atoms in total. The number of carbonyl (C=O) groups excluding carboxylic acids is 2. The lowest BCUT2D eigenvalue weighted by atomic mass is 10.2. The van der Waals surface area contributed by atoms with Crippen LogP contribution < -0.4 is 10.0 Å². The fourth-order valence-electron chi connectivity index (χ4n) is 2.61. The first-order chi connectivity index (χ1) is 14.1. The molecule has 0 aliphatic carbocycles. The number of sulfonamides is 1. The van der Waals surface area contributed by atoms with E-state index in [1.807, 2.05) is 0 Å². The molecule has 0 fully saturated rings. The van der Waals surface area contributed by atoms with Crippen LogP contribution in [0.5, 0.6) is 0 Å². The molecule has 3 rings (SSSR count). The van der Waals surface area contributed by atoms with Crippen molar-refractivity contribution in [1.82, 2.24) is 9.78 Å². The van der Waals surface area contributed by atoms with E-state index >= 15 is 0 Å². The molecule has 0 unspecified atom stereocenters. The monoisotopic (exact) mass is 448 g/mol. The molecule has 0 radical (unpaired) electrons. The summed E-state index contributed by atoms with van der Waals surface area (Å²) in [6.07, 6.45) is 2.59. The molecule has 0 atom stereocenters. The molecule has 156 valence electrons. The van der Waals surface area contributed by atoms with E-state index < -0.39 is 21.9 Å². The number of methoxy groups -OCH3 is 1. The van der Waals surface area contributed by atoms with E-state index in [9.17, 15) is 18.0 Å². The molecule has 11 heteroatoms. The third-order valence-corrected chi connectivity index (χ3v) is 4.64. The van der Waals surface area contributed by atoms with Crippen LogP contribution in [0.4, 0.5) is 11.4 Å². The molecule has 1 aromatic heterocycles. The summed E-state index contributed by atoms with van der Waals surface area (Å²) in [4.78, 5) is 24.2. The number of benzene rings is 2. The molecule has 0 bridgehead atoms. The largest absolute Gasteiger partial charge is 0.464 e. The van der Waals surface area contributed by atoms with E-state index in [2.05, 4.69) is 19.9 Å². The smallest absolute Gasteiger partial charge is 0.358 e. The number of ether oxygens (including phenoxy) is 1. The fourth-order valence-corrected chi connectivity index (χ4v) is 3.39. The van der Waals surface area contributed by atoms with Crippen molar-refractivity contribution in [3.63, 3.8) is 0 Å². The van der Waals surface area contributed by atoms with Gasteiger partial charge in [-0.25, -0.2) is 17.9 Å². The van der Waals surface area contributed by atoms with Crippen molar-refractivity contribution in [2.45, 2.75) is 0 Å². The van der Waals surface area contributed by atoms with Crippen molar-refractivity contribution in [2.75, 3.05) is 23.4 Å². The maximum Gasteiger partial charge on any atom is 0.358 e. The number of esters is 1. The third kappa shape index (κ3) is 5.37. The van der Waals surface area contributed by atoms with Crippen LogP contribution in [-0.4, -0.2) is 43.4 Å². The second kappa shape index (κ2) is 8.56. The van der Waals surface area contributed by atoms with E-state index in [0.29, 0.717) is 16.9 Å². The molecule has 2 aromatic carbocycles. The summed E-state index contributed by atoms with van der Waals surface area (Å²) in [6.45, 7) is 0. The average molecular weight is 449 g/mol. The van der Waals surface area contributed by atoms with Gasteiger partial charge >= 0.3 is 5.97 Å². The van der Waals surface area contributed by atoms with Gasteiger partial charge in [0.15, 0.2) is 5.69 Å². The third-order valence-electron chi connectivity index (χ3n) is 3.82. The highest BCUT2D eigenvalue weighted by Crippen LogP contribution is 2.24. The number of nitrogens with one attached hydrogen (secondary N) is 2. The molecule has 0 saturated heterocycles. The van der Waals surface area contributed by atoms with E-state index in [4.69, 9.17) is 11.6 Å². The van der Waals surface area contributed by atoms with Gasteiger partial charge in [-0.3, -0.25) is 9.52 Å². The lowest BCUT2D eigenvalue weighted by molar-refractivity contribution is 0.0593. The highest BCUT2D eigenvalue weighted by molar-refractivity contribution is 7.92. The van der Waals surface area contributed by atoms with Gasteiger partial charge in [0.1, 0.15) is 0 Å². The number of rotatable bonds is 6. The van der Waals surface area contributed by atoms with Crippen LogP contribution in [0.3, 0.4) is 0 Å². The van der Waals surface area contributed by atoms with Crippen molar-refractivity contribution in [3.8, 4) is 5.69 Å². The second-order valence-electron chi connectivity index (χ2n) is 6.24.